The van der Waals surface area contributed by atoms with Crippen LogP contribution in [0.1, 0.15) is 19.5 Å². The number of rotatable bonds is 4. The zero-order valence-electron chi connectivity index (χ0n) is 11.6. The lowest BCUT2D eigenvalue weighted by Crippen LogP contribution is -2.29. The van der Waals surface area contributed by atoms with Gasteiger partial charge in [-0.05, 0) is 36.6 Å². The number of aryl methyl sites for hydroxylation is 1. The van der Waals surface area contributed by atoms with Crippen molar-refractivity contribution < 1.29 is 0 Å². The molecule has 0 saturated carbocycles. The van der Waals surface area contributed by atoms with E-state index in [-0.39, 0.29) is 5.56 Å². The average Bonchev–Trinajstić information content (AvgIpc) is 2.39. The minimum Gasteiger partial charge on any atom is -0.305 e. The number of fused-ring (bicyclic) bond motifs is 1. The Bertz CT molecular complexity index is 634. The van der Waals surface area contributed by atoms with Gasteiger partial charge in [0.2, 0.25) is 0 Å². The van der Waals surface area contributed by atoms with Crippen LogP contribution >= 0.6 is 12.6 Å². The highest BCUT2D eigenvalue weighted by atomic mass is 32.1. The van der Waals surface area contributed by atoms with Crippen molar-refractivity contribution in [2.75, 3.05) is 5.75 Å². The summed E-state index contributed by atoms with van der Waals surface area (Å²) in [6, 6.07) is 7.80. The van der Waals surface area contributed by atoms with E-state index in [1.165, 1.54) is 0 Å². The van der Waals surface area contributed by atoms with E-state index in [1.54, 1.807) is 6.92 Å². The molecule has 0 radical (unpaired) electrons. The third kappa shape index (κ3) is 2.84. The largest absolute Gasteiger partial charge is 0.305 e. The van der Waals surface area contributed by atoms with E-state index >= 15 is 0 Å². The summed E-state index contributed by atoms with van der Waals surface area (Å²) in [6.45, 7) is 6.81. The summed E-state index contributed by atoms with van der Waals surface area (Å²) in [7, 11) is 0. The maximum Gasteiger partial charge on any atom is 0.272 e. The van der Waals surface area contributed by atoms with E-state index in [0.717, 1.165) is 16.8 Å². The van der Waals surface area contributed by atoms with Crippen molar-refractivity contribution in [2.24, 2.45) is 11.8 Å². The molecule has 1 aromatic heterocycles. The number of hydrogen-bond acceptors (Lipinski definition) is 3. The lowest BCUT2D eigenvalue weighted by atomic mass is 9.97. The van der Waals surface area contributed by atoms with Gasteiger partial charge in [0.15, 0.2) is 0 Å². The second-order valence-electron chi connectivity index (χ2n) is 5.29. The number of benzene rings is 1. The van der Waals surface area contributed by atoms with E-state index in [9.17, 15) is 4.79 Å². The normalized spacial score (nSPS) is 13.1. The van der Waals surface area contributed by atoms with Gasteiger partial charge in [-0.25, -0.2) is 4.98 Å². The van der Waals surface area contributed by atoms with Gasteiger partial charge >= 0.3 is 0 Å². The fourth-order valence-electron chi connectivity index (χ4n) is 2.22. The third-order valence-corrected chi connectivity index (χ3v) is 4.08. The molecule has 0 bridgehead atoms. The quantitative estimate of drug-likeness (QED) is 0.871. The highest BCUT2D eigenvalue weighted by Gasteiger charge is 2.15. The van der Waals surface area contributed by atoms with Crippen LogP contribution < -0.4 is 5.56 Å². The average molecular weight is 276 g/mol. The van der Waals surface area contributed by atoms with Crippen LogP contribution in [0.25, 0.3) is 11.0 Å². The van der Waals surface area contributed by atoms with Crippen LogP contribution in [-0.2, 0) is 6.54 Å². The summed E-state index contributed by atoms with van der Waals surface area (Å²) in [4.78, 5) is 16.7. The summed E-state index contributed by atoms with van der Waals surface area (Å²) in [5.41, 5.74) is 2.35. The van der Waals surface area contributed by atoms with Gasteiger partial charge in [-0.1, -0.05) is 26.0 Å². The van der Waals surface area contributed by atoms with E-state index < -0.39 is 0 Å². The van der Waals surface area contributed by atoms with Crippen molar-refractivity contribution in [1.82, 2.24) is 9.55 Å². The predicted octanol–water partition coefficient (Wildman–Crippen LogP) is 2.91. The SMILES string of the molecule is Cc1nc2ccccc2n(CC(CS)C(C)C)c1=O. The van der Waals surface area contributed by atoms with E-state index in [4.69, 9.17) is 0 Å². The number of nitrogens with zero attached hydrogens (tertiary/aromatic N) is 2. The summed E-state index contributed by atoms with van der Waals surface area (Å²) >= 11 is 4.41. The molecule has 4 heteroatoms. The smallest absolute Gasteiger partial charge is 0.272 e. The van der Waals surface area contributed by atoms with Gasteiger partial charge in [0.05, 0.1) is 11.0 Å². The molecule has 1 unspecified atom stereocenters. The van der Waals surface area contributed by atoms with Crippen molar-refractivity contribution in [2.45, 2.75) is 27.3 Å². The summed E-state index contributed by atoms with van der Waals surface area (Å²) in [5.74, 6) is 1.66. The minimum absolute atomic E-state index is 0.00568. The summed E-state index contributed by atoms with van der Waals surface area (Å²) in [5, 5.41) is 0. The van der Waals surface area contributed by atoms with Gasteiger partial charge in [0.25, 0.3) is 5.56 Å². The van der Waals surface area contributed by atoms with Gasteiger partial charge in [0, 0.05) is 6.54 Å². The molecule has 2 aromatic rings. The molecule has 1 aromatic carbocycles. The molecule has 1 atom stereocenters. The van der Waals surface area contributed by atoms with Crippen molar-refractivity contribution in [3.63, 3.8) is 0 Å². The van der Waals surface area contributed by atoms with E-state index in [1.807, 2.05) is 28.8 Å². The fourth-order valence-corrected chi connectivity index (χ4v) is 2.75. The Balaban J connectivity index is 2.58. The molecule has 0 spiro atoms. The second kappa shape index (κ2) is 5.78. The first-order chi connectivity index (χ1) is 9.04. The topological polar surface area (TPSA) is 34.9 Å². The molecule has 0 saturated heterocycles. The molecular formula is C15H20N2OS. The number of hydrogen-bond donors (Lipinski definition) is 1. The Labute approximate surface area is 119 Å². The molecule has 0 aliphatic rings. The molecule has 0 N–H and O–H groups in total. The van der Waals surface area contributed by atoms with E-state index in [2.05, 4.69) is 31.5 Å². The van der Waals surface area contributed by atoms with Crippen molar-refractivity contribution in [3.8, 4) is 0 Å². The zero-order valence-corrected chi connectivity index (χ0v) is 12.5. The maximum atomic E-state index is 12.3. The standard InChI is InChI=1S/C15H20N2OS/c1-10(2)12(9-19)8-17-14-7-5-4-6-13(14)16-11(3)15(17)18/h4-7,10,12,19H,8-9H2,1-3H3. The van der Waals surface area contributed by atoms with Crippen LogP contribution in [0.2, 0.25) is 0 Å². The number of thiol groups is 1. The zero-order chi connectivity index (χ0) is 14.0. The highest BCUT2D eigenvalue weighted by Crippen LogP contribution is 2.17. The first-order valence-corrected chi connectivity index (χ1v) is 7.25. The van der Waals surface area contributed by atoms with Crippen LogP contribution in [0, 0.1) is 18.8 Å². The van der Waals surface area contributed by atoms with Gasteiger partial charge in [-0.2, -0.15) is 12.6 Å². The second-order valence-corrected chi connectivity index (χ2v) is 5.65. The summed E-state index contributed by atoms with van der Waals surface area (Å²) in [6.07, 6.45) is 0. The Kier molecular flexibility index (Phi) is 4.30. The number of para-hydroxylation sites is 2. The maximum absolute atomic E-state index is 12.3. The van der Waals surface area contributed by atoms with Gasteiger partial charge in [-0.15, -0.1) is 0 Å². The molecular weight excluding hydrogens is 256 g/mol. The molecule has 0 fully saturated rings. The Morgan fingerprint density at radius 3 is 2.63 bits per heavy atom. The highest BCUT2D eigenvalue weighted by molar-refractivity contribution is 7.80. The van der Waals surface area contributed by atoms with Crippen LogP contribution in [-0.4, -0.2) is 15.3 Å². The Morgan fingerprint density at radius 2 is 2.00 bits per heavy atom. The molecule has 19 heavy (non-hydrogen) atoms. The third-order valence-electron chi connectivity index (χ3n) is 3.61. The molecule has 3 nitrogen and oxygen atoms in total. The lowest BCUT2D eigenvalue weighted by molar-refractivity contribution is 0.372. The molecule has 0 aliphatic carbocycles. The molecule has 1 heterocycles. The van der Waals surface area contributed by atoms with Crippen LogP contribution in [0.4, 0.5) is 0 Å². The van der Waals surface area contributed by atoms with Crippen LogP contribution in [0.15, 0.2) is 29.1 Å². The first-order valence-electron chi connectivity index (χ1n) is 6.61. The predicted molar refractivity (Wildman–Crippen MR) is 82.9 cm³/mol. The Morgan fingerprint density at radius 1 is 1.32 bits per heavy atom. The first kappa shape index (κ1) is 14.1. The Hall–Kier alpha value is -1.29. The van der Waals surface area contributed by atoms with Gasteiger partial charge < -0.3 is 4.57 Å². The van der Waals surface area contributed by atoms with Gasteiger partial charge in [-0.3, -0.25) is 4.79 Å². The number of aromatic nitrogens is 2. The van der Waals surface area contributed by atoms with Gasteiger partial charge in [0.1, 0.15) is 5.69 Å². The van der Waals surface area contributed by atoms with E-state index in [0.29, 0.717) is 24.1 Å². The van der Waals surface area contributed by atoms with Crippen molar-refractivity contribution >= 4 is 23.7 Å². The fraction of sp³-hybridized carbons (Fsp3) is 0.467. The molecule has 0 aliphatic heterocycles. The molecule has 102 valence electrons. The lowest BCUT2D eigenvalue weighted by Gasteiger charge is -2.21. The van der Waals surface area contributed by atoms with Crippen LogP contribution in [0.5, 0.6) is 0 Å². The molecule has 0 amide bonds. The summed E-state index contributed by atoms with van der Waals surface area (Å²) < 4.78 is 1.85. The monoisotopic (exact) mass is 276 g/mol. The van der Waals surface area contributed by atoms with Crippen molar-refractivity contribution in [3.05, 3.63) is 40.3 Å². The van der Waals surface area contributed by atoms with Crippen LogP contribution in [0.3, 0.4) is 0 Å². The van der Waals surface area contributed by atoms with Crippen molar-refractivity contribution in [1.29, 1.82) is 0 Å². The minimum atomic E-state index is 0.00568. The molecule has 2 rings (SSSR count).